The lowest BCUT2D eigenvalue weighted by molar-refractivity contribution is -0.116. The predicted octanol–water partition coefficient (Wildman–Crippen LogP) is 3.83. The molecule has 27 heavy (non-hydrogen) atoms. The Morgan fingerprint density at radius 3 is 2.96 bits per heavy atom. The Balaban J connectivity index is 1.55. The minimum absolute atomic E-state index is 0.00380. The molecule has 6 nitrogen and oxygen atoms in total. The topological polar surface area (TPSA) is 63.1 Å². The summed E-state index contributed by atoms with van der Waals surface area (Å²) in [5.41, 5.74) is 3.98. The summed E-state index contributed by atoms with van der Waals surface area (Å²) in [4.78, 5) is 19.9. The number of rotatable bonds is 6. The van der Waals surface area contributed by atoms with E-state index < -0.39 is 0 Å². The Labute approximate surface area is 166 Å². The summed E-state index contributed by atoms with van der Waals surface area (Å²) < 4.78 is 1.87. The Morgan fingerprint density at radius 2 is 2.19 bits per heavy atom. The second-order valence-electron chi connectivity index (χ2n) is 6.81. The van der Waals surface area contributed by atoms with Crippen molar-refractivity contribution in [2.75, 3.05) is 26.0 Å². The van der Waals surface area contributed by atoms with Crippen LogP contribution < -0.4 is 5.32 Å². The normalized spacial score (nSPS) is 12.3. The van der Waals surface area contributed by atoms with Crippen molar-refractivity contribution in [3.05, 3.63) is 46.7 Å². The van der Waals surface area contributed by atoms with E-state index in [1.54, 1.807) is 0 Å². The van der Waals surface area contributed by atoms with Crippen molar-refractivity contribution in [3.8, 4) is 16.3 Å². The molecule has 0 radical (unpaired) electrons. The van der Waals surface area contributed by atoms with Gasteiger partial charge in [0.1, 0.15) is 0 Å². The first-order valence-corrected chi connectivity index (χ1v) is 9.99. The molecule has 1 N–H and O–H groups in total. The van der Waals surface area contributed by atoms with Crippen LogP contribution in [-0.2, 0) is 11.2 Å². The lowest BCUT2D eigenvalue weighted by Crippen LogP contribution is -2.17. The summed E-state index contributed by atoms with van der Waals surface area (Å²) in [7, 11) is 4.01. The van der Waals surface area contributed by atoms with Crippen LogP contribution in [0.4, 0.5) is 5.13 Å². The first-order valence-electron chi connectivity index (χ1n) is 8.79. The largest absolute Gasteiger partial charge is 0.309 e. The van der Waals surface area contributed by atoms with E-state index in [0.717, 1.165) is 46.9 Å². The first-order chi connectivity index (χ1) is 13.0. The number of benzene rings is 1. The Bertz CT molecular complexity index is 994. The van der Waals surface area contributed by atoms with Crippen LogP contribution in [0.25, 0.3) is 16.3 Å². The molecule has 1 aromatic carbocycles. The van der Waals surface area contributed by atoms with Crippen molar-refractivity contribution in [3.63, 3.8) is 0 Å². The van der Waals surface area contributed by atoms with Crippen molar-refractivity contribution in [1.29, 1.82) is 0 Å². The zero-order valence-corrected chi connectivity index (χ0v) is 16.8. The van der Waals surface area contributed by atoms with Gasteiger partial charge >= 0.3 is 0 Å². The molecular weight excluding hydrogens is 382 g/mol. The van der Waals surface area contributed by atoms with Crippen molar-refractivity contribution in [2.24, 2.45) is 0 Å². The summed E-state index contributed by atoms with van der Waals surface area (Å²) in [6.07, 6.45) is 3.91. The fraction of sp³-hybridized carbons (Fsp3) is 0.316. The maximum Gasteiger partial charge on any atom is 0.226 e. The third kappa shape index (κ3) is 3.63. The lowest BCUT2D eigenvalue weighted by Gasteiger charge is -2.08. The van der Waals surface area contributed by atoms with Crippen molar-refractivity contribution < 1.29 is 4.79 Å². The highest BCUT2D eigenvalue weighted by Gasteiger charge is 2.29. The first kappa shape index (κ1) is 18.2. The van der Waals surface area contributed by atoms with Crippen LogP contribution in [0, 0.1) is 0 Å². The molecule has 4 rings (SSSR count). The van der Waals surface area contributed by atoms with Gasteiger partial charge in [0.25, 0.3) is 0 Å². The molecule has 0 saturated carbocycles. The van der Waals surface area contributed by atoms with Gasteiger partial charge in [0.05, 0.1) is 33.2 Å². The Kier molecular flexibility index (Phi) is 4.99. The third-order valence-electron chi connectivity index (χ3n) is 4.45. The van der Waals surface area contributed by atoms with Gasteiger partial charge in [-0.05, 0) is 39.2 Å². The van der Waals surface area contributed by atoms with Gasteiger partial charge in [0.15, 0.2) is 5.13 Å². The molecule has 2 aromatic heterocycles. The molecule has 1 aliphatic carbocycles. The third-order valence-corrected chi connectivity index (χ3v) is 5.79. The minimum Gasteiger partial charge on any atom is -0.309 e. The van der Waals surface area contributed by atoms with E-state index in [4.69, 9.17) is 11.6 Å². The van der Waals surface area contributed by atoms with Gasteiger partial charge in [-0.25, -0.2) is 9.67 Å². The monoisotopic (exact) mass is 401 g/mol. The van der Waals surface area contributed by atoms with Crippen LogP contribution in [0.2, 0.25) is 5.02 Å². The van der Waals surface area contributed by atoms with Crippen LogP contribution in [0.5, 0.6) is 0 Å². The maximum atomic E-state index is 12.2. The molecular formula is C19H20ClN5OS. The second-order valence-corrected chi connectivity index (χ2v) is 8.21. The quantitative estimate of drug-likeness (QED) is 0.533. The molecule has 2 heterocycles. The van der Waals surface area contributed by atoms with Gasteiger partial charge in [-0.3, -0.25) is 4.79 Å². The van der Waals surface area contributed by atoms with E-state index in [9.17, 15) is 4.79 Å². The number of carbonyl (C=O) groups excluding carboxylic acids is 1. The number of carbonyl (C=O) groups is 1. The zero-order valence-electron chi connectivity index (χ0n) is 15.2. The number of aromatic nitrogens is 3. The highest BCUT2D eigenvalue weighted by molar-refractivity contribution is 7.19. The molecule has 0 atom stereocenters. The molecule has 0 saturated heterocycles. The number of halogens is 1. The summed E-state index contributed by atoms with van der Waals surface area (Å²) in [6.45, 7) is 0.891. The molecule has 0 spiro atoms. The number of hydrogen-bond donors (Lipinski definition) is 1. The van der Waals surface area contributed by atoms with E-state index in [2.05, 4.69) is 20.3 Å². The second kappa shape index (κ2) is 7.42. The average molecular weight is 402 g/mol. The highest BCUT2D eigenvalue weighted by Crippen LogP contribution is 2.43. The number of thiazole rings is 1. The summed E-state index contributed by atoms with van der Waals surface area (Å²) in [5, 5.41) is 8.74. The SMILES string of the molecule is CN(C)CCCC(=O)Nc1nc2c(s1)-c1c(cnn1-c1ccccc1Cl)C2. The van der Waals surface area contributed by atoms with Gasteiger partial charge < -0.3 is 10.2 Å². The van der Waals surface area contributed by atoms with Crippen LogP contribution in [-0.4, -0.2) is 46.2 Å². The number of hydrogen-bond acceptors (Lipinski definition) is 5. The van der Waals surface area contributed by atoms with E-state index in [1.165, 1.54) is 11.3 Å². The van der Waals surface area contributed by atoms with E-state index in [-0.39, 0.29) is 5.91 Å². The Morgan fingerprint density at radius 1 is 1.37 bits per heavy atom. The van der Waals surface area contributed by atoms with Gasteiger partial charge in [0, 0.05) is 18.4 Å². The van der Waals surface area contributed by atoms with E-state index in [1.807, 2.05) is 49.2 Å². The minimum atomic E-state index is 0.00380. The smallest absolute Gasteiger partial charge is 0.226 e. The van der Waals surface area contributed by atoms with Gasteiger partial charge in [-0.1, -0.05) is 35.1 Å². The molecule has 0 aliphatic heterocycles. The average Bonchev–Trinajstić information content (AvgIpc) is 3.26. The number of amides is 1. The molecule has 0 fully saturated rings. The molecule has 8 heteroatoms. The van der Waals surface area contributed by atoms with Crippen LogP contribution in [0.15, 0.2) is 30.5 Å². The lowest BCUT2D eigenvalue weighted by atomic mass is 10.2. The standard InChI is InChI=1S/C19H20ClN5OS/c1-24(2)9-5-8-16(26)23-19-22-14-10-12-11-21-25(17(12)18(14)27-19)15-7-4-3-6-13(15)20/h3-4,6-7,11H,5,8-10H2,1-2H3,(H,22,23,26). The van der Waals surface area contributed by atoms with Gasteiger partial charge in [-0.2, -0.15) is 5.10 Å². The molecule has 1 amide bonds. The molecule has 140 valence electrons. The molecule has 3 aromatic rings. The van der Waals surface area contributed by atoms with Crippen LogP contribution >= 0.6 is 22.9 Å². The summed E-state index contributed by atoms with van der Waals surface area (Å²) in [6, 6.07) is 7.64. The summed E-state index contributed by atoms with van der Waals surface area (Å²) >= 11 is 7.85. The molecule has 0 bridgehead atoms. The fourth-order valence-electron chi connectivity index (χ4n) is 3.19. The molecule has 0 unspecified atom stereocenters. The van der Waals surface area contributed by atoms with Gasteiger partial charge in [-0.15, -0.1) is 0 Å². The van der Waals surface area contributed by atoms with Crippen LogP contribution in [0.3, 0.4) is 0 Å². The number of para-hydroxylation sites is 1. The van der Waals surface area contributed by atoms with E-state index in [0.29, 0.717) is 16.6 Å². The number of nitrogens with one attached hydrogen (secondary N) is 1. The molecule has 1 aliphatic rings. The number of anilines is 1. The van der Waals surface area contributed by atoms with Gasteiger partial charge in [0.2, 0.25) is 5.91 Å². The fourth-order valence-corrected chi connectivity index (χ4v) is 4.47. The maximum absolute atomic E-state index is 12.2. The number of nitrogens with zero attached hydrogens (tertiary/aromatic N) is 4. The van der Waals surface area contributed by atoms with Crippen LogP contribution in [0.1, 0.15) is 24.1 Å². The Hall–Kier alpha value is -2.22. The summed E-state index contributed by atoms with van der Waals surface area (Å²) in [5.74, 6) is 0.00380. The van der Waals surface area contributed by atoms with Crippen molar-refractivity contribution >= 4 is 34.0 Å². The number of fused-ring (bicyclic) bond motifs is 3. The zero-order chi connectivity index (χ0) is 19.0. The predicted molar refractivity (Wildman–Crippen MR) is 109 cm³/mol. The van der Waals surface area contributed by atoms with Crippen molar-refractivity contribution in [1.82, 2.24) is 19.7 Å². The van der Waals surface area contributed by atoms with Crippen molar-refractivity contribution in [2.45, 2.75) is 19.3 Å². The highest BCUT2D eigenvalue weighted by atomic mass is 35.5. The van der Waals surface area contributed by atoms with E-state index >= 15 is 0 Å².